The maximum absolute atomic E-state index is 2.40. The number of benzene rings is 2. The fourth-order valence-corrected chi connectivity index (χ4v) is 4.86. The lowest BCUT2D eigenvalue weighted by molar-refractivity contribution is 0.916. The van der Waals surface area contributed by atoms with E-state index in [9.17, 15) is 0 Å². The number of rotatable bonds is 0. The average Bonchev–Trinajstić information content (AvgIpc) is 2.61. The molecule has 1 atom stereocenters. The van der Waals surface area contributed by atoms with Gasteiger partial charge in [0.1, 0.15) is 0 Å². The van der Waals surface area contributed by atoms with E-state index >= 15 is 0 Å². The Morgan fingerprint density at radius 3 is 2.78 bits per heavy atom. The fraction of sp³-hybridized carbons (Fsp3) is 0.130. The zero-order valence-electron chi connectivity index (χ0n) is 12.8. The molecule has 0 saturated carbocycles. The van der Waals surface area contributed by atoms with Crippen molar-refractivity contribution in [3.05, 3.63) is 92.2 Å². The monoisotopic (exact) mass is 292 g/mol. The summed E-state index contributed by atoms with van der Waals surface area (Å²) in [5.41, 5.74) is 7.68. The van der Waals surface area contributed by atoms with Crippen LogP contribution in [-0.4, -0.2) is 0 Å². The maximum Gasteiger partial charge on any atom is 0.0320 e. The molecule has 0 saturated heterocycles. The van der Waals surface area contributed by atoms with E-state index in [2.05, 4.69) is 66.8 Å². The highest BCUT2D eigenvalue weighted by Gasteiger charge is 2.34. The molecule has 0 fully saturated rings. The number of hydrogen-bond acceptors (Lipinski definition) is 0. The van der Waals surface area contributed by atoms with Gasteiger partial charge in [-0.05, 0) is 61.6 Å². The summed E-state index contributed by atoms with van der Waals surface area (Å²) in [6.45, 7) is 0. The molecule has 0 amide bonds. The van der Waals surface area contributed by atoms with Crippen molar-refractivity contribution < 1.29 is 0 Å². The molecule has 0 aliphatic heterocycles. The third-order valence-electron chi connectivity index (χ3n) is 5.80. The minimum absolute atomic E-state index is 0.479. The van der Waals surface area contributed by atoms with Crippen LogP contribution in [0.3, 0.4) is 0 Å². The van der Waals surface area contributed by atoms with Crippen molar-refractivity contribution in [1.29, 1.82) is 0 Å². The van der Waals surface area contributed by atoms with Gasteiger partial charge in [-0.15, -0.1) is 0 Å². The van der Waals surface area contributed by atoms with Crippen molar-refractivity contribution in [1.82, 2.24) is 0 Å². The van der Waals surface area contributed by atoms with Gasteiger partial charge in [0.2, 0.25) is 0 Å². The molecule has 0 N–H and O–H groups in total. The standard InChI is InChI=1S/C23H16/c1-2-7-19-16(4-1)12-18-11-10-15-9-8-14-5-3-6-17-13-20(19)22(18)23(15)21(14)17/h1-8,10-12,22H,9,13H2. The lowest BCUT2D eigenvalue weighted by atomic mass is 9.67. The van der Waals surface area contributed by atoms with Gasteiger partial charge in [-0.2, -0.15) is 0 Å². The molecule has 0 bridgehead atoms. The van der Waals surface area contributed by atoms with Crippen LogP contribution in [0, 0.1) is 5.92 Å². The van der Waals surface area contributed by atoms with E-state index in [-0.39, 0.29) is 0 Å². The Balaban J connectivity index is 1.88. The zero-order chi connectivity index (χ0) is 15.0. The average molecular weight is 292 g/mol. The minimum atomic E-state index is 0.479. The summed E-state index contributed by atoms with van der Waals surface area (Å²) in [7, 11) is 0. The summed E-state index contributed by atoms with van der Waals surface area (Å²) in [6, 6.07) is 15.7. The Morgan fingerprint density at radius 2 is 1.78 bits per heavy atom. The molecule has 2 aromatic carbocycles. The lowest BCUT2D eigenvalue weighted by Gasteiger charge is -2.36. The zero-order valence-corrected chi connectivity index (χ0v) is 12.8. The van der Waals surface area contributed by atoms with E-state index in [1.807, 2.05) is 0 Å². The molecular formula is C23H16. The van der Waals surface area contributed by atoms with Crippen LogP contribution in [0.1, 0.15) is 12.0 Å². The van der Waals surface area contributed by atoms with Gasteiger partial charge in [-0.25, -0.2) is 0 Å². The van der Waals surface area contributed by atoms with Crippen molar-refractivity contribution in [2.75, 3.05) is 0 Å². The second kappa shape index (κ2) is 4.02. The largest absolute Gasteiger partial charge is 0.0722 e. The smallest absolute Gasteiger partial charge is 0.0320 e. The quantitative estimate of drug-likeness (QED) is 0.693. The van der Waals surface area contributed by atoms with Crippen LogP contribution in [0.4, 0.5) is 0 Å². The summed E-state index contributed by atoms with van der Waals surface area (Å²) in [6.07, 6.45) is 11.7. The summed E-state index contributed by atoms with van der Waals surface area (Å²) >= 11 is 0. The number of hydrogen-bond donors (Lipinski definition) is 0. The molecule has 0 heterocycles. The molecule has 0 radical (unpaired) electrons. The third kappa shape index (κ3) is 1.42. The minimum Gasteiger partial charge on any atom is -0.0722 e. The van der Waals surface area contributed by atoms with Crippen LogP contribution in [-0.2, 0) is 6.42 Å². The van der Waals surface area contributed by atoms with Crippen molar-refractivity contribution in [2.45, 2.75) is 12.8 Å². The summed E-state index contributed by atoms with van der Waals surface area (Å²) in [4.78, 5) is 0. The highest BCUT2D eigenvalue weighted by atomic mass is 14.4. The molecule has 108 valence electrons. The molecule has 0 spiro atoms. The van der Waals surface area contributed by atoms with Crippen LogP contribution in [0.15, 0.2) is 65.8 Å². The predicted octanol–water partition coefficient (Wildman–Crippen LogP) is 1.71. The second-order valence-electron chi connectivity index (χ2n) is 6.93. The lowest BCUT2D eigenvalue weighted by Crippen LogP contribution is -2.44. The molecule has 0 nitrogen and oxygen atoms in total. The number of allylic oxidation sites excluding steroid dienone is 4. The first kappa shape index (κ1) is 11.9. The Labute approximate surface area is 134 Å². The first-order chi connectivity index (χ1) is 11.4. The van der Waals surface area contributed by atoms with Gasteiger partial charge in [-0.1, -0.05) is 66.8 Å². The molecule has 0 heteroatoms. The van der Waals surface area contributed by atoms with Crippen LogP contribution >= 0.6 is 0 Å². The first-order valence-electron chi connectivity index (χ1n) is 8.43. The molecule has 1 unspecified atom stereocenters. The van der Waals surface area contributed by atoms with Crippen LogP contribution in [0.5, 0.6) is 0 Å². The van der Waals surface area contributed by atoms with Crippen LogP contribution in [0.2, 0.25) is 0 Å². The van der Waals surface area contributed by atoms with E-state index in [0.717, 1.165) is 12.8 Å². The van der Waals surface area contributed by atoms with E-state index in [4.69, 9.17) is 0 Å². The molecule has 23 heavy (non-hydrogen) atoms. The molecule has 4 aliphatic rings. The highest BCUT2D eigenvalue weighted by molar-refractivity contribution is 5.90. The van der Waals surface area contributed by atoms with E-state index in [1.54, 1.807) is 11.1 Å². The van der Waals surface area contributed by atoms with Crippen LogP contribution in [0.25, 0.3) is 23.3 Å². The second-order valence-corrected chi connectivity index (χ2v) is 6.93. The van der Waals surface area contributed by atoms with Gasteiger partial charge in [0.25, 0.3) is 0 Å². The summed E-state index contributed by atoms with van der Waals surface area (Å²) in [5, 5.41) is 5.80. The normalized spacial score (nSPS) is 22.2. The van der Waals surface area contributed by atoms with Gasteiger partial charge in [0.05, 0.1) is 0 Å². The van der Waals surface area contributed by atoms with E-state index in [1.165, 1.54) is 37.6 Å². The fourth-order valence-electron chi connectivity index (χ4n) is 4.86. The van der Waals surface area contributed by atoms with Gasteiger partial charge < -0.3 is 0 Å². The molecular weight excluding hydrogens is 276 g/mol. The highest BCUT2D eigenvalue weighted by Crippen LogP contribution is 2.43. The first-order valence-corrected chi connectivity index (χ1v) is 8.43. The molecule has 4 aliphatic carbocycles. The van der Waals surface area contributed by atoms with Crippen molar-refractivity contribution in [3.8, 4) is 0 Å². The van der Waals surface area contributed by atoms with Crippen molar-refractivity contribution >= 4 is 23.3 Å². The van der Waals surface area contributed by atoms with Gasteiger partial charge in [0, 0.05) is 5.92 Å². The van der Waals surface area contributed by atoms with Gasteiger partial charge in [0.15, 0.2) is 0 Å². The van der Waals surface area contributed by atoms with E-state index in [0.29, 0.717) is 5.92 Å². The van der Waals surface area contributed by atoms with Gasteiger partial charge >= 0.3 is 0 Å². The molecule has 6 rings (SSSR count). The summed E-state index contributed by atoms with van der Waals surface area (Å²) < 4.78 is 0. The van der Waals surface area contributed by atoms with Crippen molar-refractivity contribution in [3.63, 3.8) is 0 Å². The van der Waals surface area contributed by atoms with Crippen LogP contribution < -0.4 is 20.9 Å². The van der Waals surface area contributed by atoms with E-state index < -0.39 is 0 Å². The third-order valence-corrected chi connectivity index (χ3v) is 5.80. The van der Waals surface area contributed by atoms with Crippen molar-refractivity contribution in [2.24, 2.45) is 5.92 Å². The SMILES string of the molecule is C1=C2CC=c3cccc4c3=C2C2C(=C1)C=c1ccccc1=C2C4. The Bertz CT molecular complexity index is 1200. The molecule has 2 aromatic rings. The molecule has 0 aromatic heterocycles. The maximum atomic E-state index is 2.40. The Hall–Kier alpha value is -2.60. The Morgan fingerprint density at radius 1 is 0.870 bits per heavy atom. The predicted molar refractivity (Wildman–Crippen MR) is 95.1 cm³/mol. The number of fused-ring (bicyclic) bond motifs is 1. The topological polar surface area (TPSA) is 0 Å². The Kier molecular flexibility index (Phi) is 2.08. The van der Waals surface area contributed by atoms with Gasteiger partial charge in [-0.3, -0.25) is 0 Å². The summed E-state index contributed by atoms with van der Waals surface area (Å²) in [5.74, 6) is 0.479.